The Bertz CT molecular complexity index is 883. The molecular weight excluding hydrogens is 418 g/mol. The Morgan fingerprint density at radius 2 is 1.90 bits per heavy atom. The minimum absolute atomic E-state index is 0.195. The van der Waals surface area contributed by atoms with E-state index < -0.39 is 16.1 Å². The Balaban J connectivity index is 1.65. The van der Waals surface area contributed by atoms with E-state index in [0.717, 1.165) is 38.6 Å². The molecule has 8 nitrogen and oxygen atoms in total. The highest BCUT2D eigenvalue weighted by Gasteiger charge is 2.32. The Morgan fingerprint density at radius 3 is 2.61 bits per heavy atom. The minimum Gasteiger partial charge on any atom is -0.466 e. The molecule has 2 saturated heterocycles. The van der Waals surface area contributed by atoms with Gasteiger partial charge in [-0.1, -0.05) is 12.5 Å². The highest BCUT2D eigenvalue weighted by atomic mass is 32.2. The van der Waals surface area contributed by atoms with Crippen LogP contribution >= 0.6 is 0 Å². The predicted molar refractivity (Wildman–Crippen MR) is 118 cm³/mol. The van der Waals surface area contributed by atoms with Gasteiger partial charge < -0.3 is 10.1 Å². The molecule has 1 aromatic rings. The number of anilines is 1. The van der Waals surface area contributed by atoms with Gasteiger partial charge in [0.05, 0.1) is 23.5 Å². The van der Waals surface area contributed by atoms with E-state index in [-0.39, 0.29) is 22.7 Å². The number of carbonyl (C=O) groups is 2. The van der Waals surface area contributed by atoms with Gasteiger partial charge in [-0.15, -0.1) is 0 Å². The van der Waals surface area contributed by atoms with Gasteiger partial charge in [0.2, 0.25) is 15.9 Å². The number of piperidine rings is 2. The summed E-state index contributed by atoms with van der Waals surface area (Å²) in [5.74, 6) is -0.658. The Morgan fingerprint density at radius 1 is 1.16 bits per heavy atom. The van der Waals surface area contributed by atoms with Gasteiger partial charge in [0, 0.05) is 25.3 Å². The van der Waals surface area contributed by atoms with Gasteiger partial charge in [-0.2, -0.15) is 4.31 Å². The van der Waals surface area contributed by atoms with Crippen molar-refractivity contribution in [2.75, 3.05) is 38.1 Å². The molecule has 31 heavy (non-hydrogen) atoms. The van der Waals surface area contributed by atoms with Gasteiger partial charge in [-0.05, 0) is 64.3 Å². The lowest BCUT2D eigenvalue weighted by Crippen LogP contribution is -2.48. The van der Waals surface area contributed by atoms with E-state index in [1.165, 1.54) is 10.4 Å². The van der Waals surface area contributed by atoms with Crippen LogP contribution in [-0.2, 0) is 24.3 Å². The van der Waals surface area contributed by atoms with Crippen molar-refractivity contribution in [3.8, 4) is 0 Å². The van der Waals surface area contributed by atoms with Crippen molar-refractivity contribution in [3.05, 3.63) is 24.3 Å². The van der Waals surface area contributed by atoms with E-state index in [1.807, 2.05) is 4.90 Å². The maximum absolute atomic E-state index is 12.9. The molecule has 2 aliphatic rings. The van der Waals surface area contributed by atoms with Crippen LogP contribution in [0.25, 0.3) is 0 Å². The van der Waals surface area contributed by atoms with Crippen molar-refractivity contribution < 1.29 is 22.7 Å². The molecule has 2 atom stereocenters. The van der Waals surface area contributed by atoms with E-state index in [4.69, 9.17) is 4.74 Å². The third kappa shape index (κ3) is 5.84. The smallest absolute Gasteiger partial charge is 0.310 e. The monoisotopic (exact) mass is 451 g/mol. The van der Waals surface area contributed by atoms with Gasteiger partial charge in [-0.3, -0.25) is 14.5 Å². The summed E-state index contributed by atoms with van der Waals surface area (Å²) in [4.78, 5) is 27.1. The summed E-state index contributed by atoms with van der Waals surface area (Å²) in [6.45, 7) is 6.22. The molecule has 0 spiro atoms. The Kier molecular flexibility index (Phi) is 8.07. The third-order valence-electron chi connectivity index (χ3n) is 6.05. The highest BCUT2D eigenvalue weighted by molar-refractivity contribution is 7.89. The topological polar surface area (TPSA) is 96.0 Å². The summed E-state index contributed by atoms with van der Waals surface area (Å²) in [6, 6.07) is 5.98. The summed E-state index contributed by atoms with van der Waals surface area (Å²) in [7, 11) is -3.56. The predicted octanol–water partition coefficient (Wildman–Crippen LogP) is 2.46. The maximum Gasteiger partial charge on any atom is 0.310 e. The third-order valence-corrected chi connectivity index (χ3v) is 7.95. The first-order valence-electron chi connectivity index (χ1n) is 11.1. The van der Waals surface area contributed by atoms with Crippen LogP contribution in [0.3, 0.4) is 0 Å². The molecule has 2 unspecified atom stereocenters. The normalized spacial score (nSPS) is 21.9. The van der Waals surface area contributed by atoms with Crippen LogP contribution in [0.1, 0.15) is 46.0 Å². The lowest BCUT2D eigenvalue weighted by Gasteiger charge is -2.35. The SMILES string of the molecule is CCOC(=O)C1CCCN(C(C)C(=O)Nc2cccc(S(=O)(=O)N3CCCCC3)c2)C1. The first-order valence-corrected chi connectivity index (χ1v) is 12.6. The van der Waals surface area contributed by atoms with Crippen molar-refractivity contribution in [2.45, 2.75) is 56.9 Å². The van der Waals surface area contributed by atoms with Gasteiger partial charge >= 0.3 is 5.97 Å². The van der Waals surface area contributed by atoms with Gasteiger partial charge in [0.15, 0.2) is 0 Å². The lowest BCUT2D eigenvalue weighted by atomic mass is 9.97. The van der Waals surface area contributed by atoms with Crippen LogP contribution < -0.4 is 5.32 Å². The Labute approximate surface area is 185 Å². The number of hydrogen-bond donors (Lipinski definition) is 1. The zero-order valence-corrected chi connectivity index (χ0v) is 19.2. The van der Waals surface area contributed by atoms with E-state index in [1.54, 1.807) is 32.0 Å². The average Bonchev–Trinajstić information content (AvgIpc) is 2.79. The van der Waals surface area contributed by atoms with Crippen molar-refractivity contribution in [1.82, 2.24) is 9.21 Å². The van der Waals surface area contributed by atoms with Crippen LogP contribution in [0.2, 0.25) is 0 Å². The molecule has 0 radical (unpaired) electrons. The standard InChI is InChI=1S/C22H33N3O5S/c1-3-30-22(27)18-9-8-12-24(16-18)17(2)21(26)23-19-10-7-11-20(15-19)31(28,29)25-13-5-4-6-14-25/h7,10-11,15,17-18H,3-6,8-9,12-14,16H2,1-2H3,(H,23,26). The molecule has 0 bridgehead atoms. The second-order valence-electron chi connectivity index (χ2n) is 8.24. The van der Waals surface area contributed by atoms with Crippen LogP contribution in [0.5, 0.6) is 0 Å². The molecule has 2 aliphatic heterocycles. The zero-order valence-electron chi connectivity index (χ0n) is 18.4. The summed E-state index contributed by atoms with van der Waals surface area (Å²) in [5, 5.41) is 2.84. The van der Waals surface area contributed by atoms with Gasteiger partial charge in [0.1, 0.15) is 0 Å². The molecule has 1 aromatic carbocycles. The average molecular weight is 452 g/mol. The van der Waals surface area contributed by atoms with Gasteiger partial charge in [0.25, 0.3) is 0 Å². The number of hydrogen-bond acceptors (Lipinski definition) is 6. The van der Waals surface area contributed by atoms with Crippen LogP contribution in [0, 0.1) is 5.92 Å². The first-order chi connectivity index (χ1) is 14.8. The number of rotatable bonds is 7. The van der Waals surface area contributed by atoms with E-state index in [9.17, 15) is 18.0 Å². The fourth-order valence-corrected chi connectivity index (χ4v) is 5.78. The number of amides is 1. The summed E-state index contributed by atoms with van der Waals surface area (Å²) in [6.07, 6.45) is 4.38. The molecule has 9 heteroatoms. The summed E-state index contributed by atoms with van der Waals surface area (Å²) >= 11 is 0. The second-order valence-corrected chi connectivity index (χ2v) is 10.2. The minimum atomic E-state index is -3.56. The van der Waals surface area contributed by atoms with E-state index >= 15 is 0 Å². The number of sulfonamides is 1. The molecule has 0 saturated carbocycles. The molecule has 2 heterocycles. The zero-order chi connectivity index (χ0) is 22.4. The largest absolute Gasteiger partial charge is 0.466 e. The number of nitrogens with zero attached hydrogens (tertiary/aromatic N) is 2. The van der Waals surface area contributed by atoms with E-state index in [2.05, 4.69) is 5.32 Å². The lowest BCUT2D eigenvalue weighted by molar-refractivity contribution is -0.150. The first kappa shape index (κ1) is 23.7. The molecule has 172 valence electrons. The molecule has 0 aromatic heterocycles. The molecule has 2 fully saturated rings. The Hall–Kier alpha value is -1.97. The van der Waals surface area contributed by atoms with Crippen LogP contribution in [0.4, 0.5) is 5.69 Å². The quantitative estimate of drug-likeness (QED) is 0.640. The molecule has 1 N–H and O–H groups in total. The fourth-order valence-electron chi connectivity index (χ4n) is 4.21. The van der Waals surface area contributed by atoms with Crippen molar-refractivity contribution in [1.29, 1.82) is 0 Å². The summed E-state index contributed by atoms with van der Waals surface area (Å²) in [5.41, 5.74) is 0.453. The van der Waals surface area contributed by atoms with Crippen molar-refractivity contribution in [3.63, 3.8) is 0 Å². The number of benzene rings is 1. The van der Waals surface area contributed by atoms with Gasteiger partial charge in [-0.25, -0.2) is 8.42 Å². The number of esters is 1. The molecular formula is C22H33N3O5S. The van der Waals surface area contributed by atoms with Crippen molar-refractivity contribution in [2.24, 2.45) is 5.92 Å². The highest BCUT2D eigenvalue weighted by Crippen LogP contribution is 2.24. The fraction of sp³-hybridized carbons (Fsp3) is 0.636. The van der Waals surface area contributed by atoms with Crippen LogP contribution in [-0.4, -0.2) is 68.3 Å². The van der Waals surface area contributed by atoms with Crippen LogP contribution in [0.15, 0.2) is 29.2 Å². The molecule has 1 amide bonds. The molecule has 0 aliphatic carbocycles. The number of carbonyl (C=O) groups excluding carboxylic acids is 2. The number of nitrogens with one attached hydrogen (secondary N) is 1. The number of likely N-dealkylation sites (tertiary alicyclic amines) is 1. The number of ether oxygens (including phenoxy) is 1. The summed E-state index contributed by atoms with van der Waals surface area (Å²) < 4.78 is 32.5. The van der Waals surface area contributed by atoms with E-state index in [0.29, 0.717) is 31.9 Å². The second kappa shape index (κ2) is 10.6. The van der Waals surface area contributed by atoms with Crippen molar-refractivity contribution >= 4 is 27.6 Å². The molecule has 3 rings (SSSR count). The maximum atomic E-state index is 12.9.